The van der Waals surface area contributed by atoms with Gasteiger partial charge in [-0.1, -0.05) is 0 Å². The summed E-state index contributed by atoms with van der Waals surface area (Å²) >= 11 is 0. The third-order valence-electron chi connectivity index (χ3n) is 2.77. The zero-order valence-electron chi connectivity index (χ0n) is 11.9. The zero-order chi connectivity index (χ0) is 14.7. The Morgan fingerprint density at radius 2 is 2.00 bits per heavy atom. The molecule has 0 aliphatic rings. The first-order valence-electron chi connectivity index (χ1n) is 6.18. The lowest BCUT2D eigenvalue weighted by atomic mass is 10.1. The first-order valence-corrected chi connectivity index (χ1v) is 7.66. The first-order chi connectivity index (χ1) is 8.68. The van der Waals surface area contributed by atoms with Crippen LogP contribution >= 0.6 is 0 Å². The predicted molar refractivity (Wildman–Crippen MR) is 76.5 cm³/mol. The lowest BCUT2D eigenvalue weighted by Gasteiger charge is -2.24. The van der Waals surface area contributed by atoms with E-state index in [-0.39, 0.29) is 11.4 Å². The van der Waals surface area contributed by atoms with Crippen LogP contribution < -0.4 is 10.5 Å². The summed E-state index contributed by atoms with van der Waals surface area (Å²) in [5.41, 5.74) is 6.46. The van der Waals surface area contributed by atoms with Gasteiger partial charge in [0.25, 0.3) is 0 Å². The molecule has 0 aliphatic carbocycles. The van der Waals surface area contributed by atoms with Crippen molar-refractivity contribution in [3.05, 3.63) is 23.8 Å². The van der Waals surface area contributed by atoms with E-state index in [4.69, 9.17) is 10.5 Å². The van der Waals surface area contributed by atoms with Crippen molar-refractivity contribution in [2.24, 2.45) is 0 Å². The summed E-state index contributed by atoms with van der Waals surface area (Å²) in [5.74, 6) is 0. The lowest BCUT2D eigenvalue weighted by Crippen LogP contribution is -2.40. The molecule has 0 unspecified atom stereocenters. The van der Waals surface area contributed by atoms with Crippen molar-refractivity contribution in [1.82, 2.24) is 4.72 Å². The van der Waals surface area contributed by atoms with E-state index in [2.05, 4.69) is 4.72 Å². The van der Waals surface area contributed by atoms with Gasteiger partial charge in [0.2, 0.25) is 10.0 Å². The van der Waals surface area contributed by atoms with Gasteiger partial charge < -0.3 is 10.5 Å². The molecule has 3 N–H and O–H groups in total. The number of nitrogens with two attached hydrogens (primary N) is 1. The van der Waals surface area contributed by atoms with E-state index in [0.717, 1.165) is 5.56 Å². The van der Waals surface area contributed by atoms with E-state index in [0.29, 0.717) is 12.3 Å². The Bertz CT molecular complexity index is 539. The van der Waals surface area contributed by atoms with Crippen LogP contribution in [0.15, 0.2) is 23.1 Å². The third kappa shape index (κ3) is 4.49. The van der Waals surface area contributed by atoms with E-state index in [9.17, 15) is 8.42 Å². The molecule has 0 heterocycles. The largest absolute Gasteiger partial charge is 0.399 e. The van der Waals surface area contributed by atoms with Gasteiger partial charge in [0.05, 0.1) is 10.5 Å². The highest BCUT2D eigenvalue weighted by molar-refractivity contribution is 7.89. The Balaban J connectivity index is 2.84. The van der Waals surface area contributed by atoms with Gasteiger partial charge in [0.15, 0.2) is 0 Å². The molecular weight excluding hydrogens is 264 g/mol. The number of sulfonamides is 1. The van der Waals surface area contributed by atoms with Crippen LogP contribution in [-0.4, -0.2) is 27.2 Å². The molecule has 108 valence electrons. The van der Waals surface area contributed by atoms with Crippen LogP contribution in [0, 0.1) is 6.92 Å². The molecule has 0 saturated carbocycles. The van der Waals surface area contributed by atoms with Crippen molar-refractivity contribution in [3.8, 4) is 0 Å². The molecule has 0 atom stereocenters. The van der Waals surface area contributed by atoms with Gasteiger partial charge >= 0.3 is 0 Å². The van der Waals surface area contributed by atoms with Gasteiger partial charge in [-0.15, -0.1) is 0 Å². The molecule has 5 nitrogen and oxygen atoms in total. The summed E-state index contributed by atoms with van der Waals surface area (Å²) in [5, 5.41) is 0. The number of nitrogen functional groups attached to an aromatic ring is 1. The van der Waals surface area contributed by atoms with Gasteiger partial charge in [0, 0.05) is 18.8 Å². The number of anilines is 1. The number of hydrogen-bond acceptors (Lipinski definition) is 4. The SMILES string of the molecule is CCOC(C)(C)CNS(=O)(=O)c1ccc(N)c(C)c1. The summed E-state index contributed by atoms with van der Waals surface area (Å²) < 4.78 is 32.3. The van der Waals surface area contributed by atoms with Crippen LogP contribution in [-0.2, 0) is 14.8 Å². The second-order valence-electron chi connectivity index (χ2n) is 5.04. The molecule has 0 aromatic heterocycles. The fourth-order valence-corrected chi connectivity index (χ4v) is 2.89. The topological polar surface area (TPSA) is 81.4 Å². The second kappa shape index (κ2) is 5.90. The van der Waals surface area contributed by atoms with Gasteiger partial charge in [-0.25, -0.2) is 13.1 Å². The Morgan fingerprint density at radius 1 is 1.37 bits per heavy atom. The lowest BCUT2D eigenvalue weighted by molar-refractivity contribution is -0.00515. The van der Waals surface area contributed by atoms with Crippen molar-refractivity contribution in [2.45, 2.75) is 38.2 Å². The predicted octanol–water partition coefficient (Wildman–Crippen LogP) is 1.67. The van der Waals surface area contributed by atoms with Crippen molar-refractivity contribution in [1.29, 1.82) is 0 Å². The smallest absolute Gasteiger partial charge is 0.240 e. The normalized spacial score (nSPS) is 12.6. The number of rotatable bonds is 6. The number of aryl methyl sites for hydroxylation is 1. The number of ether oxygens (including phenoxy) is 1. The highest BCUT2D eigenvalue weighted by Crippen LogP contribution is 2.17. The van der Waals surface area contributed by atoms with Crippen molar-refractivity contribution in [2.75, 3.05) is 18.9 Å². The average Bonchev–Trinajstić information content (AvgIpc) is 2.30. The summed E-state index contributed by atoms with van der Waals surface area (Å²) in [6.07, 6.45) is 0. The van der Waals surface area contributed by atoms with E-state index in [1.165, 1.54) is 6.07 Å². The Labute approximate surface area is 115 Å². The fraction of sp³-hybridized carbons (Fsp3) is 0.538. The Hall–Kier alpha value is -1.11. The summed E-state index contributed by atoms with van der Waals surface area (Å²) in [6, 6.07) is 4.65. The van der Waals surface area contributed by atoms with Crippen LogP contribution in [0.1, 0.15) is 26.3 Å². The fourth-order valence-electron chi connectivity index (χ4n) is 1.61. The van der Waals surface area contributed by atoms with Crippen LogP contribution in [0.25, 0.3) is 0 Å². The van der Waals surface area contributed by atoms with E-state index < -0.39 is 15.6 Å². The summed E-state index contributed by atoms with van der Waals surface area (Å²) in [4.78, 5) is 0.214. The molecule has 0 spiro atoms. The minimum atomic E-state index is -3.54. The third-order valence-corrected chi connectivity index (χ3v) is 4.17. The Kier molecular flexibility index (Phi) is 4.95. The highest BCUT2D eigenvalue weighted by atomic mass is 32.2. The minimum Gasteiger partial charge on any atom is -0.399 e. The second-order valence-corrected chi connectivity index (χ2v) is 6.80. The molecule has 1 aromatic carbocycles. The first kappa shape index (κ1) is 15.9. The number of hydrogen-bond donors (Lipinski definition) is 2. The Morgan fingerprint density at radius 3 is 2.53 bits per heavy atom. The molecule has 6 heteroatoms. The monoisotopic (exact) mass is 286 g/mol. The van der Waals surface area contributed by atoms with Crippen LogP contribution in [0.2, 0.25) is 0 Å². The van der Waals surface area contributed by atoms with Crippen LogP contribution in [0.4, 0.5) is 5.69 Å². The average molecular weight is 286 g/mol. The molecule has 0 amide bonds. The van der Waals surface area contributed by atoms with Gasteiger partial charge in [-0.3, -0.25) is 0 Å². The quantitative estimate of drug-likeness (QED) is 0.779. The number of nitrogens with one attached hydrogen (secondary N) is 1. The molecule has 0 saturated heterocycles. The molecule has 0 fully saturated rings. The van der Waals surface area contributed by atoms with E-state index in [1.54, 1.807) is 19.1 Å². The summed E-state index contributed by atoms with van der Waals surface area (Å²) in [6.45, 7) is 8.08. The summed E-state index contributed by atoms with van der Waals surface area (Å²) in [7, 11) is -3.54. The molecule has 0 bridgehead atoms. The highest BCUT2D eigenvalue weighted by Gasteiger charge is 2.22. The van der Waals surface area contributed by atoms with Crippen molar-refractivity contribution in [3.63, 3.8) is 0 Å². The molecule has 1 rings (SSSR count). The zero-order valence-corrected chi connectivity index (χ0v) is 12.7. The maximum atomic E-state index is 12.1. The standard InChI is InChI=1S/C13H22N2O3S/c1-5-18-13(3,4)9-15-19(16,17)11-6-7-12(14)10(2)8-11/h6-8,15H,5,9,14H2,1-4H3. The minimum absolute atomic E-state index is 0.214. The van der Waals surface area contributed by atoms with Crippen molar-refractivity contribution < 1.29 is 13.2 Å². The molecule has 1 aromatic rings. The maximum absolute atomic E-state index is 12.1. The van der Waals surface area contributed by atoms with Crippen molar-refractivity contribution >= 4 is 15.7 Å². The van der Waals surface area contributed by atoms with Crippen LogP contribution in [0.5, 0.6) is 0 Å². The molecule has 0 aliphatic heterocycles. The molecule has 19 heavy (non-hydrogen) atoms. The maximum Gasteiger partial charge on any atom is 0.240 e. The van der Waals surface area contributed by atoms with Gasteiger partial charge in [0.1, 0.15) is 0 Å². The number of benzene rings is 1. The van der Waals surface area contributed by atoms with E-state index in [1.807, 2.05) is 20.8 Å². The van der Waals surface area contributed by atoms with Crippen LogP contribution in [0.3, 0.4) is 0 Å². The van der Waals surface area contributed by atoms with E-state index >= 15 is 0 Å². The van der Waals surface area contributed by atoms with Gasteiger partial charge in [-0.05, 0) is 51.5 Å². The molecule has 0 radical (unpaired) electrons. The van der Waals surface area contributed by atoms with Gasteiger partial charge in [-0.2, -0.15) is 0 Å². The molecular formula is C13H22N2O3S.